The van der Waals surface area contributed by atoms with Crippen LogP contribution in [-0.4, -0.2) is 34.3 Å². The van der Waals surface area contributed by atoms with Crippen LogP contribution in [0.2, 0.25) is 0 Å². The molecule has 0 aromatic carbocycles. The fraction of sp³-hybridized carbons (Fsp3) is 0.625. The summed E-state index contributed by atoms with van der Waals surface area (Å²) in [6.45, 7) is 3.37. The molecule has 0 amide bonds. The van der Waals surface area contributed by atoms with Gasteiger partial charge in [-0.25, -0.2) is 4.98 Å². The summed E-state index contributed by atoms with van der Waals surface area (Å²) in [7, 11) is 0. The first-order valence-corrected chi connectivity index (χ1v) is 5.08. The molecule has 0 radical (unpaired) electrons. The minimum absolute atomic E-state index is 0.135. The average molecular weight is 246 g/mol. The maximum Gasteiger partial charge on any atom is 0.127 e. The Morgan fingerprint density at radius 3 is 2.77 bits per heavy atom. The highest BCUT2D eigenvalue weighted by atomic mass is 79.9. The summed E-state index contributed by atoms with van der Waals surface area (Å²) in [5.74, 6) is 1.01. The highest BCUT2D eigenvalue weighted by Crippen LogP contribution is 2.27. The van der Waals surface area contributed by atoms with E-state index in [-0.39, 0.29) is 12.0 Å². The molecule has 1 aliphatic heterocycles. The molecule has 0 saturated carbocycles. The Morgan fingerprint density at radius 1 is 1.54 bits per heavy atom. The maximum atomic E-state index is 9.64. The van der Waals surface area contributed by atoms with Crippen molar-refractivity contribution in [3.8, 4) is 0 Å². The van der Waals surface area contributed by atoms with Crippen LogP contribution >= 0.6 is 15.9 Å². The Bertz CT molecular complexity index is 312. The molecule has 3 N–H and O–H groups in total. The quantitative estimate of drug-likeness (QED) is 0.677. The molecule has 2 atom stereocenters. The van der Waals surface area contributed by atoms with E-state index >= 15 is 0 Å². The molecule has 2 heterocycles. The molecule has 1 aromatic heterocycles. The molecular formula is C8H12BrN3O. The van der Waals surface area contributed by atoms with Crippen molar-refractivity contribution in [2.24, 2.45) is 0 Å². The second-order valence-corrected chi connectivity index (χ2v) is 4.11. The third kappa shape index (κ3) is 1.63. The summed E-state index contributed by atoms with van der Waals surface area (Å²) < 4.78 is 0.817. The van der Waals surface area contributed by atoms with E-state index in [9.17, 15) is 5.11 Å². The summed E-state index contributed by atoms with van der Waals surface area (Å²) in [5.41, 5.74) is 0.995. The van der Waals surface area contributed by atoms with E-state index in [1.54, 1.807) is 0 Å². The molecule has 1 aliphatic rings. The first kappa shape index (κ1) is 9.18. The fourth-order valence-corrected chi connectivity index (χ4v) is 2.35. The Morgan fingerprint density at radius 2 is 2.31 bits per heavy atom. The van der Waals surface area contributed by atoms with Crippen molar-refractivity contribution in [1.29, 1.82) is 0 Å². The number of hydrogen-bond acceptors (Lipinski definition) is 3. The van der Waals surface area contributed by atoms with Gasteiger partial charge in [0.2, 0.25) is 0 Å². The van der Waals surface area contributed by atoms with Crippen LogP contribution in [0.1, 0.15) is 17.4 Å². The van der Waals surface area contributed by atoms with Crippen molar-refractivity contribution >= 4 is 15.9 Å². The zero-order chi connectivity index (χ0) is 9.42. The van der Waals surface area contributed by atoms with Gasteiger partial charge in [-0.1, -0.05) is 0 Å². The summed E-state index contributed by atoms with van der Waals surface area (Å²) in [6.07, 6.45) is -0.309. The van der Waals surface area contributed by atoms with Crippen molar-refractivity contribution < 1.29 is 5.11 Å². The van der Waals surface area contributed by atoms with Crippen LogP contribution in [0.4, 0.5) is 0 Å². The number of rotatable bonds is 1. The number of imidazole rings is 1. The van der Waals surface area contributed by atoms with E-state index in [1.807, 2.05) is 6.92 Å². The molecule has 1 fully saturated rings. The number of halogens is 1. The molecule has 5 heteroatoms. The second-order valence-electron chi connectivity index (χ2n) is 3.36. The lowest BCUT2D eigenvalue weighted by atomic mass is 10.0. The minimum atomic E-state index is -0.309. The normalized spacial score (nSPS) is 28.2. The number of aromatic amines is 1. The van der Waals surface area contributed by atoms with E-state index in [0.29, 0.717) is 6.54 Å². The second kappa shape index (κ2) is 3.40. The van der Waals surface area contributed by atoms with Crippen molar-refractivity contribution in [1.82, 2.24) is 15.3 Å². The van der Waals surface area contributed by atoms with Crippen LogP contribution in [0.15, 0.2) is 4.60 Å². The van der Waals surface area contributed by atoms with Gasteiger partial charge in [-0.15, -0.1) is 0 Å². The molecule has 2 rings (SSSR count). The van der Waals surface area contributed by atoms with Gasteiger partial charge in [-0.2, -0.15) is 0 Å². The van der Waals surface area contributed by atoms with Gasteiger partial charge in [0.1, 0.15) is 10.4 Å². The van der Waals surface area contributed by atoms with Gasteiger partial charge in [0.15, 0.2) is 0 Å². The van der Waals surface area contributed by atoms with Gasteiger partial charge in [0, 0.05) is 19.0 Å². The van der Waals surface area contributed by atoms with Gasteiger partial charge >= 0.3 is 0 Å². The van der Waals surface area contributed by atoms with Gasteiger partial charge in [0.05, 0.1) is 11.8 Å². The van der Waals surface area contributed by atoms with E-state index in [1.165, 1.54) is 0 Å². The SMILES string of the molecule is Cc1nc(Br)c(C2CNCC2O)[nH]1. The number of aliphatic hydroxyl groups is 1. The van der Waals surface area contributed by atoms with E-state index in [2.05, 4.69) is 31.2 Å². The van der Waals surface area contributed by atoms with Gasteiger partial charge in [-0.05, 0) is 22.9 Å². The van der Waals surface area contributed by atoms with Gasteiger partial charge in [0.25, 0.3) is 0 Å². The number of hydrogen-bond donors (Lipinski definition) is 3. The molecule has 13 heavy (non-hydrogen) atoms. The predicted molar refractivity (Wildman–Crippen MR) is 52.6 cm³/mol. The molecule has 0 spiro atoms. The Hall–Kier alpha value is -0.390. The third-order valence-corrected chi connectivity index (χ3v) is 2.96. The van der Waals surface area contributed by atoms with Crippen LogP contribution in [-0.2, 0) is 0 Å². The number of aliphatic hydroxyl groups excluding tert-OH is 1. The van der Waals surface area contributed by atoms with Crippen molar-refractivity contribution in [3.63, 3.8) is 0 Å². The highest BCUT2D eigenvalue weighted by molar-refractivity contribution is 9.10. The fourth-order valence-electron chi connectivity index (χ4n) is 1.69. The summed E-state index contributed by atoms with van der Waals surface area (Å²) in [6, 6.07) is 0. The Kier molecular flexibility index (Phi) is 2.40. The van der Waals surface area contributed by atoms with Gasteiger partial charge < -0.3 is 15.4 Å². The first-order chi connectivity index (χ1) is 6.18. The molecule has 0 aliphatic carbocycles. The smallest absolute Gasteiger partial charge is 0.127 e. The third-order valence-electron chi connectivity index (χ3n) is 2.36. The summed E-state index contributed by atoms with van der Waals surface area (Å²) in [4.78, 5) is 7.37. The van der Waals surface area contributed by atoms with Crippen molar-refractivity contribution in [2.45, 2.75) is 18.9 Å². The average Bonchev–Trinajstić information content (AvgIpc) is 2.58. The van der Waals surface area contributed by atoms with Crippen molar-refractivity contribution in [2.75, 3.05) is 13.1 Å². The molecule has 4 nitrogen and oxygen atoms in total. The lowest BCUT2D eigenvalue weighted by molar-refractivity contribution is 0.176. The van der Waals surface area contributed by atoms with E-state index < -0.39 is 0 Å². The summed E-state index contributed by atoms with van der Waals surface area (Å²) >= 11 is 3.37. The zero-order valence-corrected chi connectivity index (χ0v) is 8.93. The molecule has 2 unspecified atom stereocenters. The summed E-state index contributed by atoms with van der Waals surface area (Å²) in [5, 5.41) is 12.8. The van der Waals surface area contributed by atoms with Crippen LogP contribution in [0.5, 0.6) is 0 Å². The number of aromatic nitrogens is 2. The lowest BCUT2D eigenvalue weighted by Gasteiger charge is -2.11. The lowest BCUT2D eigenvalue weighted by Crippen LogP contribution is -2.16. The Balaban J connectivity index is 2.28. The molecular weight excluding hydrogens is 234 g/mol. The standard InChI is InChI=1S/C8H12BrN3O/c1-4-11-7(8(9)12-4)5-2-10-3-6(5)13/h5-6,10,13H,2-3H2,1H3,(H,11,12). The number of nitrogens with one attached hydrogen (secondary N) is 2. The van der Waals surface area contributed by atoms with Crippen LogP contribution in [0.3, 0.4) is 0 Å². The minimum Gasteiger partial charge on any atom is -0.391 e. The zero-order valence-electron chi connectivity index (χ0n) is 7.34. The highest BCUT2D eigenvalue weighted by Gasteiger charge is 2.29. The number of aryl methyl sites for hydroxylation is 1. The largest absolute Gasteiger partial charge is 0.391 e. The predicted octanol–water partition coefficient (Wildman–Crippen LogP) is 0.528. The first-order valence-electron chi connectivity index (χ1n) is 4.29. The topological polar surface area (TPSA) is 60.9 Å². The van der Waals surface area contributed by atoms with Crippen molar-refractivity contribution in [3.05, 3.63) is 16.1 Å². The number of β-amino-alcohol motifs (C(OH)–C–C–N with tert-alkyl or cyclic N) is 1. The van der Waals surface area contributed by atoms with E-state index in [0.717, 1.165) is 22.7 Å². The molecule has 72 valence electrons. The van der Waals surface area contributed by atoms with Crippen LogP contribution in [0.25, 0.3) is 0 Å². The van der Waals surface area contributed by atoms with Crippen LogP contribution < -0.4 is 5.32 Å². The van der Waals surface area contributed by atoms with Gasteiger partial charge in [-0.3, -0.25) is 0 Å². The van der Waals surface area contributed by atoms with E-state index in [4.69, 9.17) is 0 Å². The number of nitrogens with zero attached hydrogens (tertiary/aromatic N) is 1. The Labute approximate surface area is 84.9 Å². The van der Waals surface area contributed by atoms with Crippen LogP contribution in [0, 0.1) is 6.92 Å². The molecule has 1 aromatic rings. The molecule has 1 saturated heterocycles. The number of H-pyrrole nitrogens is 1. The monoisotopic (exact) mass is 245 g/mol. The maximum absolute atomic E-state index is 9.64. The molecule has 0 bridgehead atoms.